The van der Waals surface area contributed by atoms with Crippen LogP contribution in [0.1, 0.15) is 58.1 Å². The van der Waals surface area contributed by atoms with E-state index in [-0.39, 0.29) is 49.8 Å². The van der Waals surface area contributed by atoms with Crippen molar-refractivity contribution in [3.8, 4) is 11.1 Å². The first-order valence-electron chi connectivity index (χ1n) is 17.7. The fourth-order valence-electron chi connectivity index (χ4n) is 7.66. The molecular formula is C39H40N6O10. The summed E-state index contributed by atoms with van der Waals surface area (Å²) in [5.74, 6) is -7.36. The number of aliphatic hydroxyl groups excluding tert-OH is 1. The number of benzene rings is 3. The van der Waals surface area contributed by atoms with Gasteiger partial charge in [-0.1, -0.05) is 60.7 Å². The lowest BCUT2D eigenvalue weighted by Gasteiger charge is -2.30. The second kappa shape index (κ2) is 16.3. The average Bonchev–Trinajstić information content (AvgIpc) is 3.61. The Morgan fingerprint density at radius 3 is 2.02 bits per heavy atom. The minimum Gasteiger partial charge on any atom is -0.449 e. The number of aliphatic hydroxyl groups is 1. The molecule has 7 amide bonds. The number of nitrogens with one attached hydrogen (secondary N) is 3. The van der Waals surface area contributed by atoms with Gasteiger partial charge in [-0.15, -0.1) is 0 Å². The van der Waals surface area contributed by atoms with E-state index in [1.165, 1.54) is 12.1 Å². The lowest BCUT2D eigenvalue weighted by Crippen LogP contribution is -2.55. The highest BCUT2D eigenvalue weighted by atomic mass is 16.5. The summed E-state index contributed by atoms with van der Waals surface area (Å²) < 4.78 is 5.57. The molecule has 5 atom stereocenters. The van der Waals surface area contributed by atoms with Gasteiger partial charge in [0.15, 0.2) is 0 Å². The van der Waals surface area contributed by atoms with Crippen molar-refractivity contribution < 1.29 is 48.2 Å². The number of ether oxygens (including phenoxy) is 1. The fourth-order valence-corrected chi connectivity index (χ4v) is 7.66. The first kappa shape index (κ1) is 38.3. The number of carbonyl (C=O) groups excluding carboxylic acids is 8. The number of likely N-dealkylation sites (tertiary alicyclic amines) is 1. The number of rotatable bonds is 14. The number of imide groups is 1. The second-order valence-electron chi connectivity index (χ2n) is 13.7. The SMILES string of the molecule is NC(=O)C[C@H](NC(=O)[C@H](CO)NC(=O)c1ccc(C2CC(=O)CC3C(=O)N(CCNC(=O)OCC4c5ccccc5-c5ccccc54)C(=O)C32)cc1)C(N)=O. The fraction of sp³-hybridized carbons (Fsp3) is 0.333. The van der Waals surface area contributed by atoms with Gasteiger partial charge in [0.05, 0.1) is 24.9 Å². The molecule has 2 aliphatic carbocycles. The molecule has 286 valence electrons. The summed E-state index contributed by atoms with van der Waals surface area (Å²) in [6.07, 6.45) is -1.37. The molecule has 55 heavy (non-hydrogen) atoms. The molecule has 3 aromatic rings. The molecule has 3 unspecified atom stereocenters. The van der Waals surface area contributed by atoms with E-state index in [0.717, 1.165) is 27.2 Å². The van der Waals surface area contributed by atoms with E-state index in [1.807, 2.05) is 48.5 Å². The van der Waals surface area contributed by atoms with Gasteiger partial charge in [0.1, 0.15) is 24.5 Å². The number of amides is 7. The van der Waals surface area contributed by atoms with Crippen LogP contribution in [0.15, 0.2) is 72.8 Å². The molecule has 16 heteroatoms. The number of Topliss-reactive ketones (excluding diaryl/α,β-unsaturated/α-hetero) is 1. The maximum atomic E-state index is 13.7. The molecule has 0 bridgehead atoms. The molecule has 3 aliphatic rings. The minimum absolute atomic E-state index is 0.00331. The average molecular weight is 753 g/mol. The Morgan fingerprint density at radius 1 is 0.800 bits per heavy atom. The Hall–Kier alpha value is -6.42. The monoisotopic (exact) mass is 752 g/mol. The van der Waals surface area contributed by atoms with Gasteiger partial charge in [-0.25, -0.2) is 4.79 Å². The van der Waals surface area contributed by atoms with Crippen molar-refractivity contribution in [3.05, 3.63) is 95.1 Å². The third-order valence-electron chi connectivity index (χ3n) is 10.3. The highest BCUT2D eigenvalue weighted by molar-refractivity contribution is 6.08. The number of hydrogen-bond acceptors (Lipinski definition) is 10. The lowest BCUT2D eigenvalue weighted by atomic mass is 9.70. The van der Waals surface area contributed by atoms with Crippen molar-refractivity contribution in [2.45, 2.75) is 43.2 Å². The Labute approximate surface area is 314 Å². The van der Waals surface area contributed by atoms with Gasteiger partial charge in [0, 0.05) is 43.3 Å². The maximum Gasteiger partial charge on any atom is 0.407 e. The summed E-state index contributed by atoms with van der Waals surface area (Å²) in [5.41, 5.74) is 15.2. The van der Waals surface area contributed by atoms with E-state index in [0.29, 0.717) is 5.56 Å². The summed E-state index contributed by atoms with van der Waals surface area (Å²) >= 11 is 0. The van der Waals surface area contributed by atoms with Crippen LogP contribution in [0.5, 0.6) is 0 Å². The molecular weight excluding hydrogens is 712 g/mol. The van der Waals surface area contributed by atoms with E-state index in [1.54, 1.807) is 12.1 Å². The first-order chi connectivity index (χ1) is 26.4. The Kier molecular flexibility index (Phi) is 11.4. The number of alkyl carbamates (subject to hydrolysis) is 1. The number of primary amides is 2. The van der Waals surface area contributed by atoms with Crippen molar-refractivity contribution in [3.63, 3.8) is 0 Å². The molecule has 16 nitrogen and oxygen atoms in total. The van der Waals surface area contributed by atoms with Crippen LogP contribution in [-0.2, 0) is 33.5 Å². The molecule has 2 fully saturated rings. The van der Waals surface area contributed by atoms with Crippen molar-refractivity contribution in [2.75, 3.05) is 26.3 Å². The van der Waals surface area contributed by atoms with Gasteiger partial charge in [-0.3, -0.25) is 38.5 Å². The third kappa shape index (κ3) is 8.08. The zero-order chi connectivity index (χ0) is 39.4. The number of nitrogens with two attached hydrogens (primary N) is 2. The van der Waals surface area contributed by atoms with E-state index in [4.69, 9.17) is 16.2 Å². The van der Waals surface area contributed by atoms with E-state index in [9.17, 15) is 43.5 Å². The molecule has 8 N–H and O–H groups in total. The molecule has 1 saturated carbocycles. The third-order valence-corrected chi connectivity index (χ3v) is 10.3. The van der Waals surface area contributed by atoms with Crippen LogP contribution in [0.2, 0.25) is 0 Å². The molecule has 0 aromatic heterocycles. The summed E-state index contributed by atoms with van der Waals surface area (Å²) in [6.45, 7) is -0.920. The Balaban J connectivity index is 1.04. The minimum atomic E-state index is -1.51. The van der Waals surface area contributed by atoms with Crippen molar-refractivity contribution in [1.82, 2.24) is 20.9 Å². The molecule has 0 spiro atoms. The predicted molar refractivity (Wildman–Crippen MR) is 193 cm³/mol. The van der Waals surface area contributed by atoms with Gasteiger partial charge in [-0.05, 0) is 39.9 Å². The summed E-state index contributed by atoms with van der Waals surface area (Å²) in [5, 5.41) is 16.9. The normalized spacial score (nSPS) is 19.8. The zero-order valence-corrected chi connectivity index (χ0v) is 29.6. The maximum absolute atomic E-state index is 13.7. The molecule has 0 radical (unpaired) electrons. The van der Waals surface area contributed by atoms with Crippen LogP contribution in [0.4, 0.5) is 4.79 Å². The van der Waals surface area contributed by atoms with Crippen LogP contribution in [0.25, 0.3) is 11.1 Å². The topological polar surface area (TPSA) is 257 Å². The van der Waals surface area contributed by atoms with Crippen molar-refractivity contribution in [2.24, 2.45) is 23.3 Å². The summed E-state index contributed by atoms with van der Waals surface area (Å²) in [6, 6.07) is 18.8. The number of ketones is 1. The lowest BCUT2D eigenvalue weighted by molar-refractivity contribution is -0.140. The number of hydrogen-bond donors (Lipinski definition) is 6. The molecule has 1 saturated heterocycles. The van der Waals surface area contributed by atoms with Crippen molar-refractivity contribution >= 4 is 47.3 Å². The van der Waals surface area contributed by atoms with Gasteiger partial charge in [0.2, 0.25) is 29.5 Å². The van der Waals surface area contributed by atoms with Gasteiger partial charge < -0.3 is 37.3 Å². The molecule has 3 aromatic carbocycles. The van der Waals surface area contributed by atoms with Crippen LogP contribution in [0.3, 0.4) is 0 Å². The molecule has 1 heterocycles. The number of fused-ring (bicyclic) bond motifs is 4. The first-order valence-corrected chi connectivity index (χ1v) is 17.7. The van der Waals surface area contributed by atoms with E-state index in [2.05, 4.69) is 16.0 Å². The van der Waals surface area contributed by atoms with E-state index < -0.39 is 84.4 Å². The summed E-state index contributed by atoms with van der Waals surface area (Å²) in [4.78, 5) is 102. The number of nitrogens with zero attached hydrogens (tertiary/aromatic N) is 1. The van der Waals surface area contributed by atoms with Crippen LogP contribution >= 0.6 is 0 Å². The zero-order valence-electron chi connectivity index (χ0n) is 29.6. The predicted octanol–water partition coefficient (Wildman–Crippen LogP) is 0.209. The molecule has 1 aliphatic heterocycles. The highest BCUT2D eigenvalue weighted by Crippen LogP contribution is 2.46. The standard InChI is InChI=1S/C39H40N6O10/c40-32(48)17-30(34(41)49)43-36(51)31(18-46)44-35(50)21-11-9-20(10-12-21)27-15-22(47)16-28-33(27)38(53)45(37(28)52)14-13-42-39(54)55-19-29-25-7-3-1-5-23(25)24-6-2-4-8-26(24)29/h1-12,27-31,33,46H,13-19H2,(H2,40,48)(H2,41,49)(H,42,54)(H,43,51)(H,44,50)/t27?,28?,30-,31-,33?/m0/s1. The van der Waals surface area contributed by atoms with Gasteiger partial charge >= 0.3 is 6.09 Å². The van der Waals surface area contributed by atoms with Crippen LogP contribution < -0.4 is 27.4 Å². The van der Waals surface area contributed by atoms with Gasteiger partial charge in [0.25, 0.3) is 5.91 Å². The molecule has 6 rings (SSSR count). The smallest absolute Gasteiger partial charge is 0.407 e. The quantitative estimate of drug-likeness (QED) is 0.122. The Morgan fingerprint density at radius 2 is 1.42 bits per heavy atom. The highest BCUT2D eigenvalue weighted by Gasteiger charge is 2.54. The number of carbonyl (C=O) groups is 8. The van der Waals surface area contributed by atoms with E-state index >= 15 is 0 Å². The second-order valence-corrected chi connectivity index (χ2v) is 13.7. The summed E-state index contributed by atoms with van der Waals surface area (Å²) in [7, 11) is 0. The largest absolute Gasteiger partial charge is 0.449 e. The van der Waals surface area contributed by atoms with Crippen LogP contribution in [0, 0.1) is 11.8 Å². The van der Waals surface area contributed by atoms with Crippen LogP contribution in [-0.4, -0.2) is 95.7 Å². The van der Waals surface area contributed by atoms with Crippen molar-refractivity contribution in [1.29, 1.82) is 0 Å². The van der Waals surface area contributed by atoms with Gasteiger partial charge in [-0.2, -0.15) is 0 Å². The Bertz CT molecular complexity index is 2010.